The van der Waals surface area contributed by atoms with Crippen LogP contribution in [0.4, 0.5) is 0 Å². The largest absolute Gasteiger partial charge is 0.507 e. The normalized spacial score (nSPS) is 26.7. The fourth-order valence-electron chi connectivity index (χ4n) is 4.27. The number of carbonyl (C=O) groups is 1. The van der Waals surface area contributed by atoms with Crippen LogP contribution >= 0.6 is 0 Å². The van der Waals surface area contributed by atoms with Crippen molar-refractivity contribution in [2.75, 3.05) is 26.9 Å². The fraction of sp³-hybridized carbons (Fsp3) is 0.400. The summed E-state index contributed by atoms with van der Waals surface area (Å²) in [7, 11) is 1.63. The molecule has 3 atom stereocenters. The number of phenolic OH excluding ortho intramolecular Hbond substituents is 1. The zero-order chi connectivity index (χ0) is 18.1. The van der Waals surface area contributed by atoms with Gasteiger partial charge in [-0.25, -0.2) is 4.98 Å². The molecule has 1 aromatic heterocycles. The molecule has 1 saturated heterocycles. The van der Waals surface area contributed by atoms with E-state index in [1.54, 1.807) is 25.4 Å². The topological polar surface area (TPSA) is 77.9 Å². The number of benzene rings is 1. The molecule has 26 heavy (non-hydrogen) atoms. The van der Waals surface area contributed by atoms with E-state index in [1.165, 1.54) is 6.07 Å². The van der Waals surface area contributed by atoms with Gasteiger partial charge in [-0.2, -0.15) is 0 Å². The maximum atomic E-state index is 11.3. The maximum Gasteiger partial charge on any atom is 0.216 e. The minimum absolute atomic E-state index is 0.0762. The Hall–Kier alpha value is -2.60. The Balaban J connectivity index is 1.60. The maximum absolute atomic E-state index is 11.3. The molecule has 136 valence electrons. The second kappa shape index (κ2) is 6.61. The molecule has 3 unspecified atom stereocenters. The Morgan fingerprint density at radius 1 is 1.38 bits per heavy atom. The Morgan fingerprint density at radius 3 is 3.08 bits per heavy atom. The van der Waals surface area contributed by atoms with Crippen molar-refractivity contribution in [1.29, 1.82) is 0 Å². The van der Waals surface area contributed by atoms with Crippen LogP contribution in [0.5, 0.6) is 17.4 Å². The van der Waals surface area contributed by atoms with Crippen LogP contribution < -0.4 is 9.47 Å². The number of aromatic hydroxyl groups is 1. The summed E-state index contributed by atoms with van der Waals surface area (Å²) < 4.78 is 17.2. The first-order valence-electron chi connectivity index (χ1n) is 8.68. The zero-order valence-electron chi connectivity index (χ0n) is 14.6. The number of aldehydes is 1. The quantitative estimate of drug-likeness (QED) is 0.803. The monoisotopic (exact) mass is 355 g/mol. The molecule has 2 fully saturated rings. The first-order chi connectivity index (χ1) is 12.7. The van der Waals surface area contributed by atoms with E-state index in [-0.39, 0.29) is 22.6 Å². The number of hydrogen-bond acceptors (Lipinski definition) is 6. The van der Waals surface area contributed by atoms with Gasteiger partial charge in [-0.3, -0.25) is 4.79 Å². The van der Waals surface area contributed by atoms with Crippen molar-refractivity contribution in [3.8, 4) is 17.4 Å². The smallest absolute Gasteiger partial charge is 0.216 e. The molecular weight excluding hydrogens is 334 g/mol. The lowest BCUT2D eigenvalue weighted by molar-refractivity contribution is 0.0239. The molecule has 0 radical (unpaired) electrons. The van der Waals surface area contributed by atoms with Gasteiger partial charge in [-0.1, -0.05) is 12.1 Å². The van der Waals surface area contributed by atoms with Crippen molar-refractivity contribution in [2.45, 2.75) is 12.3 Å². The summed E-state index contributed by atoms with van der Waals surface area (Å²) >= 11 is 0. The van der Waals surface area contributed by atoms with Crippen molar-refractivity contribution in [2.24, 2.45) is 11.3 Å². The lowest BCUT2D eigenvalue weighted by atomic mass is 9.99. The number of ether oxygens (including phenoxy) is 3. The van der Waals surface area contributed by atoms with Gasteiger partial charge in [-0.05, 0) is 30.5 Å². The highest BCUT2D eigenvalue weighted by molar-refractivity contribution is 5.83. The Labute approximate surface area is 151 Å². The van der Waals surface area contributed by atoms with Gasteiger partial charge < -0.3 is 19.3 Å². The summed E-state index contributed by atoms with van der Waals surface area (Å²) in [6.45, 7) is 1.73. The lowest BCUT2D eigenvalue weighted by Gasteiger charge is -2.23. The van der Waals surface area contributed by atoms with Crippen molar-refractivity contribution < 1.29 is 24.1 Å². The number of nitrogens with zero attached hydrogens (tertiary/aromatic N) is 1. The van der Waals surface area contributed by atoms with E-state index in [0.717, 1.165) is 18.6 Å². The predicted molar refractivity (Wildman–Crippen MR) is 93.9 cm³/mol. The first-order valence-corrected chi connectivity index (χ1v) is 8.68. The summed E-state index contributed by atoms with van der Waals surface area (Å²) in [6, 6.07) is 8.79. The molecule has 1 saturated carbocycles. The van der Waals surface area contributed by atoms with Crippen molar-refractivity contribution in [1.82, 2.24) is 4.98 Å². The molecule has 2 heterocycles. The molecule has 0 bridgehead atoms. The van der Waals surface area contributed by atoms with Gasteiger partial charge in [0.05, 0.1) is 25.9 Å². The molecule has 0 amide bonds. The van der Waals surface area contributed by atoms with E-state index in [2.05, 4.69) is 4.98 Å². The van der Waals surface area contributed by atoms with E-state index < -0.39 is 0 Å². The van der Waals surface area contributed by atoms with Gasteiger partial charge in [0, 0.05) is 29.7 Å². The van der Waals surface area contributed by atoms with Crippen molar-refractivity contribution >= 4 is 6.29 Å². The van der Waals surface area contributed by atoms with E-state index in [0.29, 0.717) is 37.0 Å². The minimum Gasteiger partial charge on any atom is -0.507 e. The predicted octanol–water partition coefficient (Wildman–Crippen LogP) is 2.81. The van der Waals surface area contributed by atoms with Crippen LogP contribution in [-0.2, 0) is 4.74 Å². The molecule has 1 N–H and O–H groups in total. The van der Waals surface area contributed by atoms with E-state index in [1.807, 2.05) is 12.1 Å². The fourth-order valence-corrected chi connectivity index (χ4v) is 4.27. The number of phenols is 1. The third-order valence-electron chi connectivity index (χ3n) is 5.58. The highest BCUT2D eigenvalue weighted by atomic mass is 16.5. The molecule has 4 rings (SSSR count). The Morgan fingerprint density at radius 2 is 2.27 bits per heavy atom. The number of methoxy groups -OCH3 is 1. The van der Waals surface area contributed by atoms with Crippen LogP contribution in [0.2, 0.25) is 0 Å². The van der Waals surface area contributed by atoms with Gasteiger partial charge in [0.25, 0.3) is 0 Å². The second-order valence-corrected chi connectivity index (χ2v) is 6.86. The average molecular weight is 355 g/mol. The van der Waals surface area contributed by atoms with Gasteiger partial charge in [0.2, 0.25) is 5.88 Å². The van der Waals surface area contributed by atoms with E-state index in [9.17, 15) is 9.90 Å². The Bertz CT molecular complexity index is 824. The SMILES string of the molecule is COc1ncccc1C1C2CCOCC21COc1cccc(O)c1C=O. The first kappa shape index (κ1) is 16.8. The molecule has 6 nitrogen and oxygen atoms in total. The van der Waals surface area contributed by atoms with Crippen LogP contribution in [-0.4, -0.2) is 43.3 Å². The third kappa shape index (κ3) is 2.61. The number of pyridine rings is 1. The van der Waals surface area contributed by atoms with Crippen LogP contribution in [0.1, 0.15) is 28.3 Å². The van der Waals surface area contributed by atoms with Crippen molar-refractivity contribution in [3.05, 3.63) is 47.7 Å². The summed E-state index contributed by atoms with van der Waals surface area (Å²) in [4.78, 5) is 15.6. The summed E-state index contributed by atoms with van der Waals surface area (Å²) in [6.07, 6.45) is 3.29. The Kier molecular flexibility index (Phi) is 4.28. The molecule has 1 aliphatic carbocycles. The van der Waals surface area contributed by atoms with E-state index >= 15 is 0 Å². The zero-order valence-corrected chi connectivity index (χ0v) is 14.6. The number of hydrogen-bond donors (Lipinski definition) is 1. The summed E-state index contributed by atoms with van der Waals surface area (Å²) in [5.74, 6) is 1.62. The van der Waals surface area contributed by atoms with Gasteiger partial charge in [0.1, 0.15) is 11.5 Å². The molecule has 1 aliphatic heterocycles. The van der Waals surface area contributed by atoms with Crippen LogP contribution in [0.3, 0.4) is 0 Å². The number of aromatic nitrogens is 1. The highest BCUT2D eigenvalue weighted by Gasteiger charge is 2.67. The minimum atomic E-state index is -0.166. The number of fused-ring (bicyclic) bond motifs is 1. The van der Waals surface area contributed by atoms with Crippen LogP contribution in [0, 0.1) is 11.3 Å². The average Bonchev–Trinajstić information content (AvgIpc) is 3.35. The number of carbonyl (C=O) groups excluding carboxylic acids is 1. The molecule has 2 aromatic rings. The lowest BCUT2D eigenvalue weighted by Crippen LogP contribution is -2.27. The van der Waals surface area contributed by atoms with Crippen LogP contribution in [0.15, 0.2) is 36.5 Å². The second-order valence-electron chi connectivity index (χ2n) is 6.86. The molecule has 0 spiro atoms. The van der Waals surface area contributed by atoms with Gasteiger partial charge >= 0.3 is 0 Å². The standard InChI is InChI=1S/C20H21NO5/c1-24-19-13(4-3-8-21-19)18-15-7-9-25-11-20(15,18)12-26-17-6-2-5-16(23)14(17)10-22/h2-6,8,10,15,18,23H,7,9,11-12H2,1H3. The third-order valence-corrected chi connectivity index (χ3v) is 5.58. The molecule has 2 aliphatic rings. The van der Waals surface area contributed by atoms with Crippen LogP contribution in [0.25, 0.3) is 0 Å². The van der Waals surface area contributed by atoms with Gasteiger partial charge in [0.15, 0.2) is 6.29 Å². The van der Waals surface area contributed by atoms with Crippen molar-refractivity contribution in [3.63, 3.8) is 0 Å². The molecule has 6 heteroatoms. The summed E-state index contributed by atoms with van der Waals surface area (Å²) in [5.41, 5.74) is 1.08. The number of rotatable bonds is 6. The molecule has 1 aromatic carbocycles. The highest BCUT2D eigenvalue weighted by Crippen LogP contribution is 2.69. The van der Waals surface area contributed by atoms with E-state index in [4.69, 9.17) is 14.2 Å². The molecular formula is C20H21NO5. The van der Waals surface area contributed by atoms with Gasteiger partial charge in [-0.15, -0.1) is 0 Å². The summed E-state index contributed by atoms with van der Waals surface area (Å²) in [5, 5.41) is 9.84.